The molecule has 1 fully saturated rings. The lowest BCUT2D eigenvalue weighted by atomic mass is 9.89. The van der Waals surface area contributed by atoms with Crippen molar-refractivity contribution < 1.29 is 4.74 Å². The van der Waals surface area contributed by atoms with Crippen molar-refractivity contribution in [3.05, 3.63) is 27.8 Å². The minimum atomic E-state index is 0.721. The van der Waals surface area contributed by atoms with Gasteiger partial charge >= 0.3 is 0 Å². The van der Waals surface area contributed by atoms with Gasteiger partial charge in [-0.15, -0.1) is 0 Å². The van der Waals surface area contributed by atoms with E-state index < -0.39 is 0 Å². The van der Waals surface area contributed by atoms with Crippen LogP contribution in [0, 0.1) is 19.8 Å². The third-order valence-electron chi connectivity index (χ3n) is 3.83. The van der Waals surface area contributed by atoms with E-state index in [2.05, 4.69) is 25.2 Å². The van der Waals surface area contributed by atoms with E-state index in [4.69, 9.17) is 16.3 Å². The molecule has 2 nitrogen and oxygen atoms in total. The second-order valence-corrected chi connectivity index (χ2v) is 5.61. The van der Waals surface area contributed by atoms with Gasteiger partial charge in [0.05, 0.1) is 12.1 Å². The largest absolute Gasteiger partial charge is 0.496 e. The molecule has 1 aromatic rings. The summed E-state index contributed by atoms with van der Waals surface area (Å²) >= 11 is 6.47. The van der Waals surface area contributed by atoms with Crippen molar-refractivity contribution >= 4 is 11.6 Å². The topological polar surface area (TPSA) is 21.3 Å². The molecule has 0 radical (unpaired) electrons. The van der Waals surface area contributed by atoms with Crippen LogP contribution in [0.1, 0.15) is 29.5 Å². The smallest absolute Gasteiger partial charge is 0.126 e. The van der Waals surface area contributed by atoms with Gasteiger partial charge in [-0.25, -0.2) is 0 Å². The third kappa shape index (κ3) is 2.81. The van der Waals surface area contributed by atoms with Gasteiger partial charge in [0.15, 0.2) is 0 Å². The maximum atomic E-state index is 6.47. The van der Waals surface area contributed by atoms with Crippen LogP contribution in [0.25, 0.3) is 0 Å². The van der Waals surface area contributed by atoms with Gasteiger partial charge in [-0.05, 0) is 63.2 Å². The van der Waals surface area contributed by atoms with Crippen LogP contribution in [0.2, 0.25) is 5.02 Å². The molecule has 1 aliphatic heterocycles. The molecule has 0 aromatic heterocycles. The highest BCUT2D eigenvalue weighted by Crippen LogP contribution is 2.36. The molecule has 0 atom stereocenters. The summed E-state index contributed by atoms with van der Waals surface area (Å²) in [6.45, 7) is 6.40. The molecule has 1 saturated heterocycles. The number of hydrogen-bond acceptors (Lipinski definition) is 2. The Balaban J connectivity index is 2.29. The van der Waals surface area contributed by atoms with Crippen LogP contribution in [-0.2, 0) is 6.42 Å². The Labute approximate surface area is 115 Å². The molecule has 1 aromatic carbocycles. The minimum absolute atomic E-state index is 0.721. The molecule has 0 bridgehead atoms. The fourth-order valence-electron chi connectivity index (χ4n) is 2.87. The standard InChI is InChI=1S/C15H22ClNO/c1-10-8-11(2)15(18-3)13(14(10)16)9-12-4-6-17-7-5-12/h8,12,17H,4-7,9H2,1-3H3. The molecule has 100 valence electrons. The van der Waals surface area contributed by atoms with Crippen LogP contribution in [0.3, 0.4) is 0 Å². The Morgan fingerprint density at radius 3 is 2.56 bits per heavy atom. The lowest BCUT2D eigenvalue weighted by Crippen LogP contribution is -2.28. The van der Waals surface area contributed by atoms with Gasteiger partial charge in [0.25, 0.3) is 0 Å². The van der Waals surface area contributed by atoms with E-state index in [0.717, 1.165) is 41.8 Å². The van der Waals surface area contributed by atoms with E-state index in [9.17, 15) is 0 Å². The molecular formula is C15H22ClNO. The molecule has 0 unspecified atom stereocenters. The van der Waals surface area contributed by atoms with Gasteiger partial charge in [-0.2, -0.15) is 0 Å². The summed E-state index contributed by atoms with van der Waals surface area (Å²) in [7, 11) is 1.74. The summed E-state index contributed by atoms with van der Waals surface area (Å²) in [5, 5.41) is 4.29. The normalized spacial score (nSPS) is 16.9. The van der Waals surface area contributed by atoms with Crippen molar-refractivity contribution in [3.63, 3.8) is 0 Å². The second kappa shape index (κ2) is 5.94. The number of halogens is 1. The zero-order valence-electron chi connectivity index (χ0n) is 11.5. The summed E-state index contributed by atoms with van der Waals surface area (Å²) in [5.74, 6) is 1.70. The predicted octanol–water partition coefficient (Wildman–Crippen LogP) is 3.51. The molecule has 0 spiro atoms. The van der Waals surface area contributed by atoms with Crippen LogP contribution >= 0.6 is 11.6 Å². The number of aryl methyl sites for hydroxylation is 2. The molecular weight excluding hydrogens is 246 g/mol. The highest BCUT2D eigenvalue weighted by Gasteiger charge is 2.20. The summed E-state index contributed by atoms with van der Waals surface area (Å²) in [4.78, 5) is 0. The van der Waals surface area contributed by atoms with Gasteiger partial charge in [0.1, 0.15) is 5.75 Å². The average molecular weight is 268 g/mol. The molecule has 1 N–H and O–H groups in total. The predicted molar refractivity (Wildman–Crippen MR) is 76.8 cm³/mol. The summed E-state index contributed by atoms with van der Waals surface area (Å²) < 4.78 is 5.55. The maximum absolute atomic E-state index is 6.47. The zero-order chi connectivity index (χ0) is 13.1. The quantitative estimate of drug-likeness (QED) is 0.905. The molecule has 18 heavy (non-hydrogen) atoms. The number of methoxy groups -OCH3 is 1. The molecule has 3 heteroatoms. The first-order valence-corrected chi connectivity index (χ1v) is 7.04. The van der Waals surface area contributed by atoms with Crippen molar-refractivity contribution in [1.82, 2.24) is 5.32 Å². The van der Waals surface area contributed by atoms with Gasteiger partial charge < -0.3 is 10.1 Å². The summed E-state index contributed by atoms with van der Waals surface area (Å²) in [5.41, 5.74) is 3.53. The molecule has 0 saturated carbocycles. The van der Waals surface area contributed by atoms with E-state index in [0.29, 0.717) is 0 Å². The van der Waals surface area contributed by atoms with E-state index in [1.807, 2.05) is 0 Å². The average Bonchev–Trinajstić information content (AvgIpc) is 2.37. The second-order valence-electron chi connectivity index (χ2n) is 5.23. The van der Waals surface area contributed by atoms with E-state index in [-0.39, 0.29) is 0 Å². The summed E-state index contributed by atoms with van der Waals surface area (Å²) in [6.07, 6.45) is 3.49. The Kier molecular flexibility index (Phi) is 4.52. The molecule has 2 rings (SSSR count). The lowest BCUT2D eigenvalue weighted by Gasteiger charge is -2.25. The molecule has 0 amide bonds. The summed E-state index contributed by atoms with van der Waals surface area (Å²) in [6, 6.07) is 2.10. The van der Waals surface area contributed by atoms with Crippen LogP contribution in [0.4, 0.5) is 0 Å². The number of rotatable bonds is 3. The lowest BCUT2D eigenvalue weighted by molar-refractivity contribution is 0.360. The van der Waals surface area contributed by atoms with E-state index >= 15 is 0 Å². The Bertz CT molecular complexity index is 425. The first-order chi connectivity index (χ1) is 8.63. The maximum Gasteiger partial charge on any atom is 0.126 e. The first-order valence-electron chi connectivity index (χ1n) is 6.66. The van der Waals surface area contributed by atoms with Crippen molar-refractivity contribution in [1.29, 1.82) is 0 Å². The number of ether oxygens (including phenoxy) is 1. The van der Waals surface area contributed by atoms with Crippen LogP contribution in [-0.4, -0.2) is 20.2 Å². The Morgan fingerprint density at radius 2 is 1.94 bits per heavy atom. The van der Waals surface area contributed by atoms with Gasteiger partial charge in [-0.3, -0.25) is 0 Å². The highest BCUT2D eigenvalue weighted by atomic mass is 35.5. The van der Waals surface area contributed by atoms with Crippen molar-refractivity contribution in [2.45, 2.75) is 33.1 Å². The monoisotopic (exact) mass is 267 g/mol. The zero-order valence-corrected chi connectivity index (χ0v) is 12.2. The number of piperidine rings is 1. The minimum Gasteiger partial charge on any atom is -0.496 e. The first kappa shape index (κ1) is 13.7. The Morgan fingerprint density at radius 1 is 1.28 bits per heavy atom. The third-order valence-corrected chi connectivity index (χ3v) is 4.36. The Hall–Kier alpha value is -0.730. The number of hydrogen-bond donors (Lipinski definition) is 1. The van der Waals surface area contributed by atoms with Crippen molar-refractivity contribution in [3.8, 4) is 5.75 Å². The van der Waals surface area contributed by atoms with E-state index in [1.165, 1.54) is 24.0 Å². The molecule has 1 heterocycles. The van der Waals surface area contributed by atoms with Crippen LogP contribution in [0.15, 0.2) is 6.07 Å². The van der Waals surface area contributed by atoms with Crippen molar-refractivity contribution in [2.75, 3.05) is 20.2 Å². The highest BCUT2D eigenvalue weighted by molar-refractivity contribution is 6.32. The van der Waals surface area contributed by atoms with Crippen LogP contribution < -0.4 is 10.1 Å². The van der Waals surface area contributed by atoms with Gasteiger partial charge in [-0.1, -0.05) is 17.7 Å². The number of nitrogens with one attached hydrogen (secondary N) is 1. The van der Waals surface area contributed by atoms with Gasteiger partial charge in [0.2, 0.25) is 0 Å². The SMILES string of the molecule is COc1c(C)cc(C)c(Cl)c1CC1CCNCC1. The fourth-order valence-corrected chi connectivity index (χ4v) is 3.09. The van der Waals surface area contributed by atoms with Gasteiger partial charge in [0, 0.05) is 5.56 Å². The molecule has 0 aliphatic carbocycles. The van der Waals surface area contributed by atoms with Crippen molar-refractivity contribution in [2.24, 2.45) is 5.92 Å². The number of benzene rings is 1. The van der Waals surface area contributed by atoms with Crippen LogP contribution in [0.5, 0.6) is 5.75 Å². The van der Waals surface area contributed by atoms with E-state index in [1.54, 1.807) is 7.11 Å². The molecule has 1 aliphatic rings. The fraction of sp³-hybridized carbons (Fsp3) is 0.600.